The van der Waals surface area contributed by atoms with E-state index in [0.717, 1.165) is 30.6 Å². The Morgan fingerprint density at radius 3 is 2.48 bits per heavy atom. The molecule has 0 radical (unpaired) electrons. The molecule has 0 saturated carbocycles. The predicted molar refractivity (Wildman–Crippen MR) is 87.9 cm³/mol. The van der Waals surface area contributed by atoms with Crippen molar-refractivity contribution < 1.29 is 4.39 Å². The molecule has 21 heavy (non-hydrogen) atoms. The van der Waals surface area contributed by atoms with Gasteiger partial charge in [0.25, 0.3) is 0 Å². The molecule has 2 rings (SSSR count). The first-order valence-corrected chi connectivity index (χ1v) is 7.76. The van der Waals surface area contributed by atoms with Gasteiger partial charge in [-0.2, -0.15) is 0 Å². The summed E-state index contributed by atoms with van der Waals surface area (Å²) in [6, 6.07) is 12.1. The number of halogens is 3. The van der Waals surface area contributed by atoms with Gasteiger partial charge < -0.3 is 5.32 Å². The van der Waals surface area contributed by atoms with E-state index in [9.17, 15) is 4.39 Å². The fourth-order valence-corrected chi connectivity index (χ4v) is 2.72. The van der Waals surface area contributed by atoms with Gasteiger partial charge in [-0.3, -0.25) is 0 Å². The normalized spacial score (nSPS) is 12.4. The maximum Gasteiger partial charge on any atom is 0.123 e. The zero-order valence-corrected chi connectivity index (χ0v) is 13.4. The van der Waals surface area contributed by atoms with E-state index in [-0.39, 0.29) is 11.7 Å². The van der Waals surface area contributed by atoms with Gasteiger partial charge in [-0.25, -0.2) is 4.39 Å². The molecule has 4 heteroatoms. The second kappa shape index (κ2) is 7.79. The average molecular weight is 326 g/mol. The third-order valence-corrected chi connectivity index (χ3v) is 4.06. The van der Waals surface area contributed by atoms with E-state index in [1.165, 1.54) is 12.1 Å². The van der Waals surface area contributed by atoms with Crippen molar-refractivity contribution in [3.8, 4) is 0 Å². The maximum atomic E-state index is 13.1. The Morgan fingerprint density at radius 2 is 1.81 bits per heavy atom. The Hall–Kier alpha value is -1.09. The van der Waals surface area contributed by atoms with Crippen molar-refractivity contribution >= 4 is 23.2 Å². The highest BCUT2D eigenvalue weighted by molar-refractivity contribution is 6.33. The van der Waals surface area contributed by atoms with Crippen LogP contribution in [0.4, 0.5) is 4.39 Å². The molecular formula is C17H18Cl2FN. The van der Waals surface area contributed by atoms with Gasteiger partial charge in [0.15, 0.2) is 0 Å². The van der Waals surface area contributed by atoms with E-state index in [1.807, 2.05) is 24.3 Å². The van der Waals surface area contributed by atoms with Gasteiger partial charge in [0.05, 0.1) is 0 Å². The van der Waals surface area contributed by atoms with Crippen LogP contribution in [-0.4, -0.2) is 13.1 Å². The van der Waals surface area contributed by atoms with Gasteiger partial charge in [-0.15, -0.1) is 0 Å². The fourth-order valence-electron chi connectivity index (χ4n) is 2.33. The number of likely N-dealkylation sites (N-methyl/N-ethyl adjacent to an activating group) is 1. The van der Waals surface area contributed by atoms with E-state index in [2.05, 4.69) is 12.2 Å². The molecule has 0 aliphatic carbocycles. The number of hydrogen-bond donors (Lipinski definition) is 1. The summed E-state index contributed by atoms with van der Waals surface area (Å²) >= 11 is 12.3. The van der Waals surface area contributed by atoms with Crippen molar-refractivity contribution in [1.29, 1.82) is 0 Å². The van der Waals surface area contributed by atoms with E-state index in [0.29, 0.717) is 10.0 Å². The lowest BCUT2D eigenvalue weighted by Crippen LogP contribution is -2.22. The number of nitrogens with one attached hydrogen (secondary N) is 1. The summed E-state index contributed by atoms with van der Waals surface area (Å²) < 4.78 is 13.1. The minimum Gasteiger partial charge on any atom is -0.316 e. The van der Waals surface area contributed by atoms with E-state index in [4.69, 9.17) is 23.2 Å². The molecular weight excluding hydrogens is 308 g/mol. The van der Waals surface area contributed by atoms with Crippen LogP contribution >= 0.6 is 23.2 Å². The third-order valence-electron chi connectivity index (χ3n) is 3.46. The quantitative estimate of drug-likeness (QED) is 0.782. The van der Waals surface area contributed by atoms with Crippen molar-refractivity contribution in [2.45, 2.75) is 19.3 Å². The molecule has 0 aromatic heterocycles. The number of rotatable bonds is 6. The SMILES string of the molecule is CCNCC(Cc1cc(Cl)ccc1Cl)c1ccc(F)cc1. The van der Waals surface area contributed by atoms with Crippen LogP contribution in [0.5, 0.6) is 0 Å². The van der Waals surface area contributed by atoms with E-state index < -0.39 is 0 Å². The molecule has 1 N–H and O–H groups in total. The van der Waals surface area contributed by atoms with Gasteiger partial charge >= 0.3 is 0 Å². The highest BCUT2D eigenvalue weighted by Crippen LogP contribution is 2.27. The van der Waals surface area contributed by atoms with Gasteiger partial charge in [-0.05, 0) is 54.4 Å². The zero-order chi connectivity index (χ0) is 15.2. The third kappa shape index (κ3) is 4.70. The second-order valence-corrected chi connectivity index (χ2v) is 5.84. The molecule has 0 aliphatic heterocycles. The minimum atomic E-state index is -0.221. The van der Waals surface area contributed by atoms with Gasteiger partial charge in [0.2, 0.25) is 0 Å². The standard InChI is InChI=1S/C17H18Cl2FN/c1-2-21-11-14(12-3-6-16(20)7-4-12)9-13-10-15(18)5-8-17(13)19/h3-8,10,14,21H,2,9,11H2,1H3. The summed E-state index contributed by atoms with van der Waals surface area (Å²) in [5.74, 6) is 0.00301. The molecule has 0 spiro atoms. The lowest BCUT2D eigenvalue weighted by molar-refractivity contribution is 0.590. The Kier molecular flexibility index (Phi) is 6.04. The summed E-state index contributed by atoms with van der Waals surface area (Å²) in [6.45, 7) is 3.76. The van der Waals surface area contributed by atoms with E-state index >= 15 is 0 Å². The van der Waals surface area contributed by atoms with Crippen LogP contribution in [0.15, 0.2) is 42.5 Å². The molecule has 1 nitrogen and oxygen atoms in total. The van der Waals surface area contributed by atoms with Crippen LogP contribution < -0.4 is 5.32 Å². The molecule has 0 bridgehead atoms. The molecule has 0 fully saturated rings. The summed E-state index contributed by atoms with van der Waals surface area (Å²) in [7, 11) is 0. The van der Waals surface area contributed by atoms with Crippen LogP contribution in [0.25, 0.3) is 0 Å². The van der Waals surface area contributed by atoms with Crippen LogP contribution in [0.1, 0.15) is 24.0 Å². The Bertz CT molecular complexity index is 584. The fraction of sp³-hybridized carbons (Fsp3) is 0.294. The van der Waals surface area contributed by atoms with Crippen molar-refractivity contribution in [3.05, 3.63) is 69.5 Å². The molecule has 2 aromatic rings. The Balaban J connectivity index is 2.23. The molecule has 0 amide bonds. The van der Waals surface area contributed by atoms with Crippen molar-refractivity contribution in [3.63, 3.8) is 0 Å². The highest BCUT2D eigenvalue weighted by atomic mass is 35.5. The molecule has 2 aromatic carbocycles. The molecule has 1 unspecified atom stereocenters. The van der Waals surface area contributed by atoms with Crippen molar-refractivity contribution in [2.75, 3.05) is 13.1 Å². The van der Waals surface area contributed by atoms with E-state index in [1.54, 1.807) is 6.07 Å². The Morgan fingerprint density at radius 1 is 1.10 bits per heavy atom. The van der Waals surface area contributed by atoms with Crippen LogP contribution in [0.2, 0.25) is 10.0 Å². The van der Waals surface area contributed by atoms with Gasteiger partial charge in [-0.1, -0.05) is 42.3 Å². The first kappa shape index (κ1) is 16.3. The van der Waals surface area contributed by atoms with Gasteiger partial charge in [0, 0.05) is 22.5 Å². The smallest absolute Gasteiger partial charge is 0.123 e. The first-order chi connectivity index (χ1) is 10.1. The van der Waals surface area contributed by atoms with Crippen LogP contribution in [-0.2, 0) is 6.42 Å². The Labute approximate surface area is 135 Å². The van der Waals surface area contributed by atoms with Crippen molar-refractivity contribution in [2.24, 2.45) is 0 Å². The van der Waals surface area contributed by atoms with Crippen LogP contribution in [0.3, 0.4) is 0 Å². The van der Waals surface area contributed by atoms with Gasteiger partial charge in [0.1, 0.15) is 5.82 Å². The highest BCUT2D eigenvalue weighted by Gasteiger charge is 2.14. The minimum absolute atomic E-state index is 0.221. The second-order valence-electron chi connectivity index (χ2n) is 5.00. The lowest BCUT2D eigenvalue weighted by Gasteiger charge is -2.19. The average Bonchev–Trinajstić information content (AvgIpc) is 2.48. The van der Waals surface area contributed by atoms with Crippen LogP contribution in [0, 0.1) is 5.82 Å². The molecule has 1 atom stereocenters. The monoisotopic (exact) mass is 325 g/mol. The summed E-state index contributed by atoms with van der Waals surface area (Å²) in [4.78, 5) is 0. The van der Waals surface area contributed by atoms with Crippen molar-refractivity contribution in [1.82, 2.24) is 5.32 Å². The number of benzene rings is 2. The molecule has 112 valence electrons. The topological polar surface area (TPSA) is 12.0 Å². The lowest BCUT2D eigenvalue weighted by atomic mass is 9.92. The molecule has 0 heterocycles. The maximum absolute atomic E-state index is 13.1. The number of hydrogen-bond acceptors (Lipinski definition) is 1. The summed E-state index contributed by atoms with van der Waals surface area (Å²) in [5, 5.41) is 4.73. The first-order valence-electron chi connectivity index (χ1n) is 7.00. The molecule has 0 aliphatic rings. The summed E-state index contributed by atoms with van der Waals surface area (Å²) in [5.41, 5.74) is 2.10. The zero-order valence-electron chi connectivity index (χ0n) is 11.9. The predicted octanol–water partition coefficient (Wildman–Crippen LogP) is 5.07. The largest absolute Gasteiger partial charge is 0.316 e. The molecule has 0 saturated heterocycles. The summed E-state index contributed by atoms with van der Waals surface area (Å²) in [6.07, 6.45) is 0.762.